The molecule has 2 aromatic carbocycles. The van der Waals surface area contributed by atoms with Gasteiger partial charge in [-0.05, 0) is 43.2 Å². The van der Waals surface area contributed by atoms with Crippen molar-refractivity contribution in [3.63, 3.8) is 0 Å². The summed E-state index contributed by atoms with van der Waals surface area (Å²) in [5.74, 6) is 0.450. The molecule has 0 saturated carbocycles. The molecule has 0 spiro atoms. The molecule has 0 aromatic heterocycles. The van der Waals surface area contributed by atoms with E-state index in [1.807, 2.05) is 23.1 Å². The van der Waals surface area contributed by atoms with Gasteiger partial charge >= 0.3 is 0 Å². The number of nitrogens with zero attached hydrogens (tertiary/aromatic N) is 2. The standard InChI is InChI=1S/C24H26N2O5/c1-15-12-22(27)26(23(15)28)17-7-4-6-16(13-17)24(29)25-11-5-8-20(25)19-10-9-18(30-2)14-21(19)31-3/h4,6-7,9-10,13-15,20H,5,8,11-12H2,1-3H3/t15-,20-/m0/s1. The van der Waals surface area contributed by atoms with Gasteiger partial charge in [0.05, 0.1) is 25.9 Å². The van der Waals surface area contributed by atoms with E-state index in [2.05, 4.69) is 0 Å². The molecule has 3 amide bonds. The Labute approximate surface area is 181 Å². The summed E-state index contributed by atoms with van der Waals surface area (Å²) in [5, 5.41) is 0. The van der Waals surface area contributed by atoms with Crippen LogP contribution in [0, 0.1) is 5.92 Å². The summed E-state index contributed by atoms with van der Waals surface area (Å²) >= 11 is 0. The molecule has 0 unspecified atom stereocenters. The SMILES string of the molecule is COc1ccc([C@@H]2CCCN2C(=O)c2cccc(N3C(=O)C[C@H](C)C3=O)c2)c(OC)c1. The van der Waals surface area contributed by atoms with Crippen molar-refractivity contribution in [1.82, 2.24) is 4.90 Å². The van der Waals surface area contributed by atoms with Crippen molar-refractivity contribution in [2.75, 3.05) is 25.7 Å². The zero-order valence-corrected chi connectivity index (χ0v) is 18.0. The Hall–Kier alpha value is -3.35. The number of methoxy groups -OCH3 is 2. The number of hydrogen-bond donors (Lipinski definition) is 0. The summed E-state index contributed by atoms with van der Waals surface area (Å²) in [6.07, 6.45) is 1.91. The third-order valence-corrected chi connectivity index (χ3v) is 6.04. The summed E-state index contributed by atoms with van der Waals surface area (Å²) < 4.78 is 10.8. The Morgan fingerprint density at radius 3 is 2.55 bits per heavy atom. The van der Waals surface area contributed by atoms with E-state index in [9.17, 15) is 14.4 Å². The molecule has 0 bridgehead atoms. The molecule has 2 aromatic rings. The molecule has 2 aliphatic rings. The molecular formula is C24H26N2O5. The van der Waals surface area contributed by atoms with Crippen molar-refractivity contribution in [3.8, 4) is 11.5 Å². The number of benzene rings is 2. The lowest BCUT2D eigenvalue weighted by atomic mass is 10.0. The maximum atomic E-state index is 13.4. The van der Waals surface area contributed by atoms with Crippen LogP contribution in [0.15, 0.2) is 42.5 Å². The van der Waals surface area contributed by atoms with Crippen molar-refractivity contribution < 1.29 is 23.9 Å². The molecule has 2 aliphatic heterocycles. The average Bonchev–Trinajstić information content (AvgIpc) is 3.37. The first-order chi connectivity index (χ1) is 14.9. The summed E-state index contributed by atoms with van der Waals surface area (Å²) in [5.41, 5.74) is 1.84. The van der Waals surface area contributed by atoms with Crippen LogP contribution >= 0.6 is 0 Å². The fraction of sp³-hybridized carbons (Fsp3) is 0.375. The number of anilines is 1. The number of carbonyl (C=O) groups excluding carboxylic acids is 3. The Balaban J connectivity index is 1.63. The van der Waals surface area contributed by atoms with Crippen molar-refractivity contribution in [2.24, 2.45) is 5.92 Å². The Morgan fingerprint density at radius 2 is 1.87 bits per heavy atom. The predicted octanol–water partition coefficient (Wildman–Crippen LogP) is 3.58. The fourth-order valence-corrected chi connectivity index (χ4v) is 4.43. The van der Waals surface area contributed by atoms with Gasteiger partial charge in [0, 0.05) is 36.1 Å². The minimum absolute atomic E-state index is 0.118. The van der Waals surface area contributed by atoms with Gasteiger partial charge in [-0.1, -0.05) is 13.0 Å². The number of imide groups is 1. The minimum atomic E-state index is -0.336. The molecule has 2 atom stereocenters. The summed E-state index contributed by atoms with van der Waals surface area (Å²) in [6, 6.07) is 12.3. The highest BCUT2D eigenvalue weighted by atomic mass is 16.5. The van der Waals surface area contributed by atoms with Gasteiger partial charge in [0.1, 0.15) is 11.5 Å². The minimum Gasteiger partial charge on any atom is -0.497 e. The van der Waals surface area contributed by atoms with Gasteiger partial charge in [0.25, 0.3) is 5.91 Å². The molecule has 4 rings (SSSR count). The first-order valence-corrected chi connectivity index (χ1v) is 10.4. The molecule has 2 saturated heterocycles. The zero-order chi connectivity index (χ0) is 22.1. The van der Waals surface area contributed by atoms with Gasteiger partial charge in [-0.2, -0.15) is 0 Å². The highest BCUT2D eigenvalue weighted by molar-refractivity contribution is 6.21. The number of likely N-dealkylation sites (tertiary alicyclic amines) is 1. The van der Waals surface area contributed by atoms with Crippen molar-refractivity contribution >= 4 is 23.4 Å². The van der Waals surface area contributed by atoms with Crippen LogP contribution in [0.5, 0.6) is 11.5 Å². The Bertz CT molecular complexity index is 1030. The summed E-state index contributed by atoms with van der Waals surface area (Å²) in [4.78, 5) is 41.1. The predicted molar refractivity (Wildman–Crippen MR) is 115 cm³/mol. The van der Waals surface area contributed by atoms with E-state index in [1.165, 1.54) is 4.90 Å². The molecule has 0 aliphatic carbocycles. The molecular weight excluding hydrogens is 396 g/mol. The second-order valence-corrected chi connectivity index (χ2v) is 7.99. The van der Waals surface area contributed by atoms with Crippen molar-refractivity contribution in [1.29, 1.82) is 0 Å². The van der Waals surface area contributed by atoms with Gasteiger partial charge in [0.2, 0.25) is 11.8 Å². The average molecular weight is 422 g/mol. The Morgan fingerprint density at radius 1 is 1.06 bits per heavy atom. The molecule has 0 N–H and O–H groups in total. The van der Waals surface area contributed by atoms with Gasteiger partial charge in [-0.25, -0.2) is 0 Å². The molecule has 162 valence electrons. The molecule has 2 fully saturated rings. The largest absolute Gasteiger partial charge is 0.497 e. The second kappa shape index (κ2) is 8.41. The highest BCUT2D eigenvalue weighted by Crippen LogP contribution is 2.39. The topological polar surface area (TPSA) is 76.2 Å². The van der Waals surface area contributed by atoms with E-state index < -0.39 is 0 Å². The third kappa shape index (κ3) is 3.76. The summed E-state index contributed by atoms with van der Waals surface area (Å²) in [6.45, 7) is 2.37. The lowest BCUT2D eigenvalue weighted by Crippen LogP contribution is -2.32. The van der Waals surface area contributed by atoms with Crippen LogP contribution in [0.4, 0.5) is 5.69 Å². The van der Waals surface area contributed by atoms with E-state index in [1.54, 1.807) is 45.4 Å². The molecule has 0 radical (unpaired) electrons. The Kier molecular flexibility index (Phi) is 5.67. The first kappa shape index (κ1) is 20.9. The smallest absolute Gasteiger partial charge is 0.254 e. The van der Waals surface area contributed by atoms with E-state index in [4.69, 9.17) is 9.47 Å². The molecule has 7 heteroatoms. The number of carbonyl (C=O) groups is 3. The van der Waals surface area contributed by atoms with Crippen molar-refractivity contribution in [3.05, 3.63) is 53.6 Å². The lowest BCUT2D eigenvalue weighted by Gasteiger charge is -2.27. The zero-order valence-electron chi connectivity index (χ0n) is 18.0. The van der Waals surface area contributed by atoms with Gasteiger partial charge in [-0.15, -0.1) is 0 Å². The molecule has 31 heavy (non-hydrogen) atoms. The number of rotatable bonds is 5. The molecule has 2 heterocycles. The van der Waals surface area contributed by atoms with Crippen LogP contribution in [0.3, 0.4) is 0 Å². The second-order valence-electron chi connectivity index (χ2n) is 7.99. The highest BCUT2D eigenvalue weighted by Gasteiger charge is 2.37. The lowest BCUT2D eigenvalue weighted by molar-refractivity contribution is -0.122. The maximum absolute atomic E-state index is 13.4. The van der Waals surface area contributed by atoms with Crippen LogP contribution in [0.25, 0.3) is 0 Å². The van der Waals surface area contributed by atoms with Gasteiger partial charge in [-0.3, -0.25) is 19.3 Å². The van der Waals surface area contributed by atoms with Crippen LogP contribution < -0.4 is 14.4 Å². The van der Waals surface area contributed by atoms with Crippen LogP contribution in [-0.2, 0) is 9.59 Å². The quantitative estimate of drug-likeness (QED) is 0.689. The van der Waals surface area contributed by atoms with Gasteiger partial charge in [0.15, 0.2) is 0 Å². The number of ether oxygens (including phenoxy) is 2. The van der Waals surface area contributed by atoms with Crippen LogP contribution in [-0.4, -0.2) is 43.4 Å². The monoisotopic (exact) mass is 422 g/mol. The van der Waals surface area contributed by atoms with E-state index in [0.717, 1.165) is 18.4 Å². The normalized spacial score (nSPS) is 21.0. The van der Waals surface area contributed by atoms with Crippen LogP contribution in [0.2, 0.25) is 0 Å². The van der Waals surface area contributed by atoms with Gasteiger partial charge < -0.3 is 14.4 Å². The maximum Gasteiger partial charge on any atom is 0.254 e. The van der Waals surface area contributed by atoms with E-state index in [-0.39, 0.29) is 36.1 Å². The summed E-state index contributed by atoms with van der Waals surface area (Å²) in [7, 11) is 3.21. The first-order valence-electron chi connectivity index (χ1n) is 10.4. The van der Waals surface area contributed by atoms with E-state index >= 15 is 0 Å². The van der Waals surface area contributed by atoms with Crippen LogP contribution in [0.1, 0.15) is 48.1 Å². The molecule has 7 nitrogen and oxygen atoms in total. The third-order valence-electron chi connectivity index (χ3n) is 6.04. The number of amides is 3. The number of hydrogen-bond acceptors (Lipinski definition) is 5. The van der Waals surface area contributed by atoms with E-state index in [0.29, 0.717) is 29.3 Å². The van der Waals surface area contributed by atoms with Crippen molar-refractivity contribution in [2.45, 2.75) is 32.2 Å². The fourth-order valence-electron chi connectivity index (χ4n) is 4.43.